The maximum atomic E-state index is 12.5. The molecule has 1 saturated heterocycles. The number of nitrogens with one attached hydrogen (secondary N) is 1. The topological polar surface area (TPSA) is 79.4 Å². The summed E-state index contributed by atoms with van der Waals surface area (Å²) in [6, 6.07) is 11.1. The second-order valence-corrected chi connectivity index (χ2v) is 7.19. The fourth-order valence-corrected chi connectivity index (χ4v) is 3.66. The van der Waals surface area contributed by atoms with Crippen molar-refractivity contribution in [1.82, 2.24) is 15.2 Å². The molecule has 1 aliphatic rings. The minimum Gasteiger partial charge on any atom is -0.335 e. The van der Waals surface area contributed by atoms with E-state index in [9.17, 15) is 13.2 Å². The Balaban J connectivity index is 1.83. The summed E-state index contributed by atoms with van der Waals surface area (Å²) in [4.78, 5) is 18.4. The predicted octanol–water partition coefficient (Wildman–Crippen LogP) is 0.960. The largest absolute Gasteiger partial charge is 0.335 e. The number of pyridine rings is 1. The Labute approximate surface area is 135 Å². The van der Waals surface area contributed by atoms with Gasteiger partial charge < -0.3 is 10.2 Å². The number of nitrogens with zero attached hydrogens (tertiary/aromatic N) is 2. The standard InChI is InChI=1S/C16H17N3O3S/c20-16(19-10-8-17-9-11-19)15-7-6-14(12-18-15)23(21,22)13-4-2-1-3-5-13/h1-7,12,17H,8-11H2. The van der Waals surface area contributed by atoms with Gasteiger partial charge in [0.25, 0.3) is 5.91 Å². The van der Waals surface area contributed by atoms with Crippen LogP contribution >= 0.6 is 0 Å². The first-order chi connectivity index (χ1) is 11.1. The fourth-order valence-electron chi connectivity index (χ4n) is 2.43. The number of piperazine rings is 1. The third-order valence-corrected chi connectivity index (χ3v) is 5.48. The Morgan fingerprint density at radius 3 is 2.30 bits per heavy atom. The van der Waals surface area contributed by atoms with Crippen LogP contribution in [0, 0.1) is 0 Å². The van der Waals surface area contributed by atoms with Crippen molar-refractivity contribution in [2.75, 3.05) is 26.2 Å². The number of benzene rings is 1. The molecule has 0 bridgehead atoms. The lowest BCUT2D eigenvalue weighted by molar-refractivity contribution is 0.0729. The Morgan fingerprint density at radius 2 is 1.70 bits per heavy atom. The molecule has 0 spiro atoms. The number of carbonyl (C=O) groups excluding carboxylic acids is 1. The van der Waals surface area contributed by atoms with Crippen LogP contribution in [0.5, 0.6) is 0 Å². The minimum absolute atomic E-state index is 0.0839. The van der Waals surface area contributed by atoms with E-state index >= 15 is 0 Å². The average molecular weight is 331 g/mol. The van der Waals surface area contributed by atoms with Crippen LogP contribution in [0.15, 0.2) is 58.5 Å². The first-order valence-corrected chi connectivity index (χ1v) is 8.83. The molecule has 23 heavy (non-hydrogen) atoms. The highest BCUT2D eigenvalue weighted by molar-refractivity contribution is 7.91. The predicted molar refractivity (Wildman–Crippen MR) is 84.9 cm³/mol. The second kappa shape index (κ2) is 6.47. The van der Waals surface area contributed by atoms with Gasteiger partial charge in [-0.3, -0.25) is 4.79 Å². The summed E-state index contributed by atoms with van der Waals surface area (Å²) in [5, 5.41) is 3.17. The summed E-state index contributed by atoms with van der Waals surface area (Å²) in [7, 11) is -3.60. The van der Waals surface area contributed by atoms with Crippen LogP contribution in [0.25, 0.3) is 0 Å². The Kier molecular flexibility index (Phi) is 4.40. The molecular formula is C16H17N3O3S. The van der Waals surface area contributed by atoms with Crippen LogP contribution in [0.2, 0.25) is 0 Å². The van der Waals surface area contributed by atoms with E-state index in [1.165, 1.54) is 30.5 Å². The zero-order chi connectivity index (χ0) is 16.3. The van der Waals surface area contributed by atoms with Crippen molar-refractivity contribution < 1.29 is 13.2 Å². The maximum Gasteiger partial charge on any atom is 0.272 e. The number of carbonyl (C=O) groups is 1. The number of rotatable bonds is 3. The van der Waals surface area contributed by atoms with Crippen molar-refractivity contribution in [1.29, 1.82) is 0 Å². The van der Waals surface area contributed by atoms with E-state index in [0.717, 1.165) is 13.1 Å². The van der Waals surface area contributed by atoms with Gasteiger partial charge >= 0.3 is 0 Å². The molecule has 120 valence electrons. The summed E-state index contributed by atoms with van der Waals surface area (Å²) in [6.45, 7) is 2.77. The van der Waals surface area contributed by atoms with Crippen molar-refractivity contribution in [3.63, 3.8) is 0 Å². The molecule has 1 amide bonds. The van der Waals surface area contributed by atoms with E-state index < -0.39 is 9.84 Å². The lowest BCUT2D eigenvalue weighted by Crippen LogP contribution is -2.46. The van der Waals surface area contributed by atoms with Crippen molar-refractivity contribution in [2.24, 2.45) is 0 Å². The Hall–Kier alpha value is -2.25. The van der Waals surface area contributed by atoms with Gasteiger partial charge in [-0.05, 0) is 24.3 Å². The normalized spacial score (nSPS) is 15.4. The van der Waals surface area contributed by atoms with Crippen LogP contribution < -0.4 is 5.32 Å². The quantitative estimate of drug-likeness (QED) is 0.906. The van der Waals surface area contributed by atoms with Crippen molar-refractivity contribution in [3.05, 3.63) is 54.4 Å². The summed E-state index contributed by atoms with van der Waals surface area (Å²) < 4.78 is 24.9. The molecule has 1 aromatic heterocycles. The summed E-state index contributed by atoms with van der Waals surface area (Å²) in [5.41, 5.74) is 0.263. The van der Waals surface area contributed by atoms with E-state index in [0.29, 0.717) is 13.1 Å². The highest BCUT2D eigenvalue weighted by Gasteiger charge is 2.21. The van der Waals surface area contributed by atoms with Gasteiger partial charge in [0.1, 0.15) is 5.69 Å². The van der Waals surface area contributed by atoms with E-state index in [2.05, 4.69) is 10.3 Å². The zero-order valence-electron chi connectivity index (χ0n) is 12.5. The van der Waals surface area contributed by atoms with Crippen LogP contribution in [0.1, 0.15) is 10.5 Å². The summed E-state index contributed by atoms with van der Waals surface area (Å²) in [5.74, 6) is -0.171. The number of aromatic nitrogens is 1. The molecular weight excluding hydrogens is 314 g/mol. The van der Waals surface area contributed by atoms with E-state index in [1.54, 1.807) is 23.1 Å². The lowest BCUT2D eigenvalue weighted by atomic mass is 10.3. The monoisotopic (exact) mass is 331 g/mol. The highest BCUT2D eigenvalue weighted by Crippen LogP contribution is 2.20. The molecule has 2 heterocycles. The van der Waals surface area contributed by atoms with Gasteiger partial charge in [-0.15, -0.1) is 0 Å². The van der Waals surface area contributed by atoms with Crippen LogP contribution in [-0.2, 0) is 9.84 Å². The Bertz CT molecular complexity index is 783. The number of hydrogen-bond donors (Lipinski definition) is 1. The van der Waals surface area contributed by atoms with E-state index in [-0.39, 0.29) is 21.4 Å². The molecule has 6 nitrogen and oxygen atoms in total. The molecule has 3 rings (SSSR count). The van der Waals surface area contributed by atoms with E-state index in [4.69, 9.17) is 0 Å². The number of hydrogen-bond acceptors (Lipinski definition) is 5. The first-order valence-electron chi connectivity index (χ1n) is 7.35. The molecule has 0 atom stereocenters. The van der Waals surface area contributed by atoms with Gasteiger partial charge in [0.2, 0.25) is 9.84 Å². The maximum absolute atomic E-state index is 12.5. The molecule has 1 aromatic carbocycles. The fraction of sp³-hybridized carbons (Fsp3) is 0.250. The average Bonchev–Trinajstić information content (AvgIpc) is 2.63. The van der Waals surface area contributed by atoms with Crippen LogP contribution in [0.4, 0.5) is 0 Å². The first kappa shape index (κ1) is 15.6. The molecule has 0 aliphatic carbocycles. The summed E-state index contributed by atoms with van der Waals surface area (Å²) in [6.07, 6.45) is 1.25. The Morgan fingerprint density at radius 1 is 1.00 bits per heavy atom. The van der Waals surface area contributed by atoms with Crippen molar-refractivity contribution in [3.8, 4) is 0 Å². The number of sulfone groups is 1. The molecule has 1 aliphatic heterocycles. The molecule has 2 aromatic rings. The van der Waals surface area contributed by atoms with Gasteiger partial charge in [-0.1, -0.05) is 18.2 Å². The zero-order valence-corrected chi connectivity index (χ0v) is 13.3. The highest BCUT2D eigenvalue weighted by atomic mass is 32.2. The third-order valence-electron chi connectivity index (χ3n) is 3.72. The molecule has 0 radical (unpaired) electrons. The lowest BCUT2D eigenvalue weighted by Gasteiger charge is -2.27. The van der Waals surface area contributed by atoms with Crippen LogP contribution in [0.3, 0.4) is 0 Å². The van der Waals surface area contributed by atoms with Crippen molar-refractivity contribution in [2.45, 2.75) is 9.79 Å². The van der Waals surface area contributed by atoms with Crippen molar-refractivity contribution >= 4 is 15.7 Å². The van der Waals surface area contributed by atoms with Gasteiger partial charge in [0.15, 0.2) is 0 Å². The number of amides is 1. The van der Waals surface area contributed by atoms with Gasteiger partial charge in [-0.25, -0.2) is 13.4 Å². The van der Waals surface area contributed by atoms with E-state index in [1.807, 2.05) is 0 Å². The molecule has 0 unspecified atom stereocenters. The van der Waals surface area contributed by atoms with Gasteiger partial charge in [-0.2, -0.15) is 0 Å². The summed E-state index contributed by atoms with van der Waals surface area (Å²) >= 11 is 0. The molecule has 7 heteroatoms. The second-order valence-electron chi connectivity index (χ2n) is 5.24. The third kappa shape index (κ3) is 3.25. The molecule has 1 N–H and O–H groups in total. The molecule has 0 saturated carbocycles. The SMILES string of the molecule is O=C(c1ccc(S(=O)(=O)c2ccccc2)cn1)N1CCNCC1. The van der Waals surface area contributed by atoms with Gasteiger partial charge in [0, 0.05) is 32.4 Å². The minimum atomic E-state index is -3.60. The molecule has 1 fully saturated rings. The van der Waals surface area contributed by atoms with Crippen LogP contribution in [-0.4, -0.2) is 50.4 Å². The smallest absolute Gasteiger partial charge is 0.272 e. The van der Waals surface area contributed by atoms with Gasteiger partial charge in [0.05, 0.1) is 9.79 Å².